The number of hydrogen-bond acceptors (Lipinski definition) is 2. The molecule has 3 heteroatoms. The van der Waals surface area contributed by atoms with E-state index in [9.17, 15) is 0 Å². The molecule has 0 aliphatic heterocycles. The highest BCUT2D eigenvalue weighted by atomic mass is 79.9. The Hall–Kier alpha value is -0.570. The van der Waals surface area contributed by atoms with Crippen LogP contribution >= 0.6 is 15.9 Å². The topological polar surface area (TPSA) is 33.1 Å². The molecule has 0 amide bonds. The van der Waals surface area contributed by atoms with Crippen LogP contribution in [0.25, 0.3) is 0 Å². The van der Waals surface area contributed by atoms with Crippen molar-refractivity contribution in [3.63, 3.8) is 0 Å². The van der Waals surface area contributed by atoms with Gasteiger partial charge in [-0.3, -0.25) is 0 Å². The molecule has 0 bridgehead atoms. The lowest BCUT2D eigenvalue weighted by atomic mass is 10.3. The maximum atomic E-state index is 9.03. The van der Waals surface area contributed by atoms with Crippen molar-refractivity contribution >= 4 is 15.9 Å². The summed E-state index contributed by atoms with van der Waals surface area (Å²) < 4.78 is 0.697. The quantitative estimate of drug-likeness (QED) is 0.630. The zero-order chi connectivity index (χ0) is 6.85. The molecule has 2 nitrogen and oxygen atoms in total. The predicted molar refractivity (Wildman–Crippen MR) is 38.3 cm³/mol. The highest BCUT2D eigenvalue weighted by Crippen LogP contribution is 2.20. The van der Waals surface area contributed by atoms with E-state index in [2.05, 4.69) is 20.9 Å². The lowest BCUT2D eigenvalue weighted by Crippen LogP contribution is -1.79. The molecule has 0 aliphatic carbocycles. The van der Waals surface area contributed by atoms with Crippen molar-refractivity contribution in [3.8, 4) is 5.75 Å². The van der Waals surface area contributed by atoms with Gasteiger partial charge in [0.1, 0.15) is 10.4 Å². The molecule has 1 N–H and O–H groups in total. The van der Waals surface area contributed by atoms with E-state index in [0.717, 1.165) is 5.56 Å². The fraction of sp³-hybridized carbons (Fsp3) is 0.167. The maximum Gasteiger partial charge on any atom is 0.122 e. The molecule has 0 unspecified atom stereocenters. The van der Waals surface area contributed by atoms with E-state index in [1.54, 1.807) is 19.2 Å². The van der Waals surface area contributed by atoms with Gasteiger partial charge in [-0.15, -0.1) is 0 Å². The summed E-state index contributed by atoms with van der Waals surface area (Å²) in [7, 11) is 0. The minimum atomic E-state index is 0.275. The first kappa shape index (κ1) is 6.55. The molecule has 1 heterocycles. The molecule has 0 aliphatic rings. The van der Waals surface area contributed by atoms with Gasteiger partial charge in [-0.1, -0.05) is 0 Å². The van der Waals surface area contributed by atoms with Gasteiger partial charge in [0.05, 0.1) is 0 Å². The van der Waals surface area contributed by atoms with Crippen molar-refractivity contribution in [1.82, 2.24) is 4.98 Å². The Labute approximate surface area is 61.7 Å². The van der Waals surface area contributed by atoms with Gasteiger partial charge in [-0.25, -0.2) is 4.98 Å². The van der Waals surface area contributed by atoms with Crippen molar-refractivity contribution in [3.05, 3.63) is 22.4 Å². The van der Waals surface area contributed by atoms with Gasteiger partial charge in [0.2, 0.25) is 0 Å². The van der Waals surface area contributed by atoms with E-state index in [4.69, 9.17) is 5.11 Å². The zero-order valence-electron chi connectivity index (χ0n) is 4.93. The molecule has 1 aromatic heterocycles. The molecule has 9 heavy (non-hydrogen) atoms. The molecule has 1 aromatic rings. The van der Waals surface area contributed by atoms with E-state index in [0.29, 0.717) is 4.60 Å². The zero-order valence-corrected chi connectivity index (χ0v) is 6.51. The number of halogens is 1. The second-order valence-electron chi connectivity index (χ2n) is 1.75. The Balaban J connectivity index is 3.25. The molecule has 1 rings (SSSR count). The van der Waals surface area contributed by atoms with E-state index in [1.807, 2.05) is 0 Å². The lowest BCUT2D eigenvalue weighted by Gasteiger charge is -1.96. The van der Waals surface area contributed by atoms with E-state index >= 15 is 0 Å². The monoisotopic (exact) mass is 187 g/mol. The summed E-state index contributed by atoms with van der Waals surface area (Å²) >= 11 is 3.17. The van der Waals surface area contributed by atoms with Gasteiger partial charge in [0, 0.05) is 11.8 Å². The van der Waals surface area contributed by atoms with E-state index in [-0.39, 0.29) is 5.75 Å². The SMILES string of the molecule is Cc1c(O)ccnc1Br. The average Bonchev–Trinajstić information content (AvgIpc) is 1.83. The van der Waals surface area contributed by atoms with Crippen molar-refractivity contribution in [1.29, 1.82) is 0 Å². The average molecular weight is 188 g/mol. The van der Waals surface area contributed by atoms with Crippen LogP contribution in [0.3, 0.4) is 0 Å². The van der Waals surface area contributed by atoms with Crippen molar-refractivity contribution in [2.45, 2.75) is 6.92 Å². The number of aromatic nitrogens is 1. The van der Waals surface area contributed by atoms with Crippen molar-refractivity contribution in [2.75, 3.05) is 0 Å². The van der Waals surface area contributed by atoms with Crippen LogP contribution in [0.2, 0.25) is 0 Å². The summed E-state index contributed by atoms with van der Waals surface area (Å²) in [5.41, 5.74) is 0.775. The van der Waals surface area contributed by atoms with Gasteiger partial charge in [-0.05, 0) is 28.9 Å². The van der Waals surface area contributed by atoms with Gasteiger partial charge in [0.15, 0.2) is 0 Å². The van der Waals surface area contributed by atoms with Gasteiger partial charge in [0.25, 0.3) is 0 Å². The fourth-order valence-corrected chi connectivity index (χ4v) is 0.822. The molecule has 48 valence electrons. The Morgan fingerprint density at radius 2 is 2.33 bits per heavy atom. The smallest absolute Gasteiger partial charge is 0.122 e. The van der Waals surface area contributed by atoms with Crippen LogP contribution in [0, 0.1) is 6.92 Å². The standard InChI is InChI=1S/C6H6BrNO/c1-4-5(9)2-3-8-6(4)7/h2-3H,1H3,(H,8,9). The molecule has 0 saturated heterocycles. The highest BCUT2D eigenvalue weighted by Gasteiger charge is 1.97. The first-order valence-electron chi connectivity index (χ1n) is 2.52. The molecule has 0 atom stereocenters. The molecule has 0 spiro atoms. The summed E-state index contributed by atoms with van der Waals surface area (Å²) in [6, 6.07) is 1.56. The summed E-state index contributed by atoms with van der Waals surface area (Å²) in [5.74, 6) is 0.275. The van der Waals surface area contributed by atoms with Gasteiger partial charge < -0.3 is 5.11 Å². The van der Waals surface area contributed by atoms with Crippen LogP contribution in [0.15, 0.2) is 16.9 Å². The fourth-order valence-electron chi connectivity index (χ4n) is 0.501. The van der Waals surface area contributed by atoms with Crippen LogP contribution < -0.4 is 0 Å². The summed E-state index contributed by atoms with van der Waals surface area (Å²) in [6.07, 6.45) is 1.55. The van der Waals surface area contributed by atoms with E-state index < -0.39 is 0 Å². The first-order chi connectivity index (χ1) is 4.22. The predicted octanol–water partition coefficient (Wildman–Crippen LogP) is 1.86. The molecular formula is C6H6BrNO. The largest absolute Gasteiger partial charge is 0.508 e. The number of nitrogens with zero attached hydrogens (tertiary/aromatic N) is 1. The summed E-state index contributed by atoms with van der Waals surface area (Å²) in [4.78, 5) is 3.90. The second kappa shape index (κ2) is 2.35. The van der Waals surface area contributed by atoms with Crippen LogP contribution in [0.5, 0.6) is 5.75 Å². The number of aromatic hydroxyl groups is 1. The Bertz CT molecular complexity index is 204. The number of rotatable bonds is 0. The molecule has 0 radical (unpaired) electrons. The summed E-state index contributed by atoms with van der Waals surface area (Å²) in [6.45, 7) is 1.80. The highest BCUT2D eigenvalue weighted by molar-refractivity contribution is 9.10. The van der Waals surface area contributed by atoms with Crippen LogP contribution in [-0.4, -0.2) is 10.1 Å². The van der Waals surface area contributed by atoms with Gasteiger partial charge in [-0.2, -0.15) is 0 Å². The van der Waals surface area contributed by atoms with Crippen molar-refractivity contribution in [2.24, 2.45) is 0 Å². The normalized spacial score (nSPS) is 9.56. The number of pyridine rings is 1. The third-order valence-corrected chi connectivity index (χ3v) is 1.91. The van der Waals surface area contributed by atoms with Crippen LogP contribution in [0.1, 0.15) is 5.56 Å². The molecule has 0 saturated carbocycles. The minimum Gasteiger partial charge on any atom is -0.508 e. The third-order valence-electron chi connectivity index (χ3n) is 1.11. The number of hydrogen-bond donors (Lipinski definition) is 1. The molecule has 0 fully saturated rings. The molecule has 0 aromatic carbocycles. The maximum absolute atomic E-state index is 9.03. The van der Waals surface area contributed by atoms with Crippen LogP contribution in [-0.2, 0) is 0 Å². The van der Waals surface area contributed by atoms with Crippen molar-refractivity contribution < 1.29 is 5.11 Å². The lowest BCUT2D eigenvalue weighted by molar-refractivity contribution is 0.469. The van der Waals surface area contributed by atoms with E-state index in [1.165, 1.54) is 0 Å². The minimum absolute atomic E-state index is 0.275. The third kappa shape index (κ3) is 1.21. The second-order valence-corrected chi connectivity index (χ2v) is 2.50. The van der Waals surface area contributed by atoms with Crippen LogP contribution in [0.4, 0.5) is 0 Å². The summed E-state index contributed by atoms with van der Waals surface area (Å²) in [5, 5.41) is 9.03. The molecular weight excluding hydrogens is 182 g/mol. The Kier molecular flexibility index (Phi) is 1.71. The Morgan fingerprint density at radius 3 is 2.78 bits per heavy atom. The Morgan fingerprint density at radius 1 is 1.67 bits per heavy atom. The first-order valence-corrected chi connectivity index (χ1v) is 3.31. The van der Waals surface area contributed by atoms with Gasteiger partial charge >= 0.3 is 0 Å².